The summed E-state index contributed by atoms with van der Waals surface area (Å²) in [5.74, 6) is -0.149. The van der Waals surface area contributed by atoms with E-state index in [9.17, 15) is 9.59 Å². The van der Waals surface area contributed by atoms with E-state index in [1.165, 1.54) is 10.5 Å². The molecule has 1 aromatic rings. The Balaban J connectivity index is 2.00. The first-order chi connectivity index (χ1) is 9.54. The molecule has 1 aliphatic rings. The zero-order valence-corrected chi connectivity index (χ0v) is 12.3. The zero-order valence-electron chi connectivity index (χ0n) is 12.3. The molecule has 1 heterocycles. The third kappa shape index (κ3) is 2.90. The molecule has 0 radical (unpaired) electrons. The van der Waals surface area contributed by atoms with E-state index < -0.39 is 0 Å². The minimum absolute atomic E-state index is 0.0136. The van der Waals surface area contributed by atoms with Crippen LogP contribution in [0.2, 0.25) is 0 Å². The molecule has 0 aliphatic carbocycles. The highest BCUT2D eigenvalue weighted by atomic mass is 16.2. The number of nitrogens with zero attached hydrogens (tertiary/aromatic N) is 1. The van der Waals surface area contributed by atoms with Gasteiger partial charge in [0.25, 0.3) is 0 Å². The first kappa shape index (κ1) is 14.7. The Kier molecular flexibility index (Phi) is 4.55. The second kappa shape index (κ2) is 6.18. The predicted molar refractivity (Wildman–Crippen MR) is 78.0 cm³/mol. The van der Waals surface area contributed by atoms with Gasteiger partial charge in [-0.15, -0.1) is 0 Å². The van der Waals surface area contributed by atoms with Crippen LogP contribution in [0.5, 0.6) is 0 Å². The van der Waals surface area contributed by atoms with Gasteiger partial charge in [-0.1, -0.05) is 31.2 Å². The molecule has 20 heavy (non-hydrogen) atoms. The van der Waals surface area contributed by atoms with E-state index in [4.69, 9.17) is 0 Å². The number of hydrogen-bond donors (Lipinski definition) is 1. The van der Waals surface area contributed by atoms with Gasteiger partial charge in [-0.25, -0.2) is 0 Å². The lowest BCUT2D eigenvalue weighted by Crippen LogP contribution is -2.42. The van der Waals surface area contributed by atoms with Crippen molar-refractivity contribution in [1.29, 1.82) is 0 Å². The van der Waals surface area contributed by atoms with Crippen LogP contribution in [0.4, 0.5) is 0 Å². The summed E-state index contributed by atoms with van der Waals surface area (Å²) in [5, 5.41) is 3.22. The Bertz CT molecular complexity index is 513. The fourth-order valence-corrected chi connectivity index (χ4v) is 2.50. The summed E-state index contributed by atoms with van der Waals surface area (Å²) < 4.78 is 0. The van der Waals surface area contributed by atoms with Gasteiger partial charge in [-0.2, -0.15) is 0 Å². The summed E-state index contributed by atoms with van der Waals surface area (Å²) in [6.45, 7) is 6.56. The van der Waals surface area contributed by atoms with E-state index in [1.54, 1.807) is 0 Å². The molecule has 0 aromatic heterocycles. The summed E-state index contributed by atoms with van der Waals surface area (Å²) in [4.78, 5) is 25.6. The highest BCUT2D eigenvalue weighted by molar-refractivity contribution is 6.05. The molecule has 1 aromatic carbocycles. The van der Waals surface area contributed by atoms with Gasteiger partial charge in [-0.3, -0.25) is 14.5 Å². The van der Waals surface area contributed by atoms with Gasteiger partial charge >= 0.3 is 0 Å². The third-order valence-corrected chi connectivity index (χ3v) is 4.01. The van der Waals surface area contributed by atoms with E-state index in [0.717, 1.165) is 12.0 Å². The molecule has 108 valence electrons. The molecule has 0 bridgehead atoms. The van der Waals surface area contributed by atoms with Crippen LogP contribution in [-0.4, -0.2) is 28.8 Å². The number of carbonyl (C=O) groups is 2. The highest BCUT2D eigenvalue weighted by Gasteiger charge is 2.40. The molecule has 1 saturated heterocycles. The molecule has 2 rings (SSSR count). The van der Waals surface area contributed by atoms with Crippen LogP contribution >= 0.6 is 0 Å². The molecule has 2 atom stereocenters. The summed E-state index contributed by atoms with van der Waals surface area (Å²) in [6, 6.07) is 7.67. The van der Waals surface area contributed by atoms with E-state index in [1.807, 2.05) is 45.0 Å². The molecule has 1 N–H and O–H groups in total. The Morgan fingerprint density at radius 3 is 2.70 bits per heavy atom. The summed E-state index contributed by atoms with van der Waals surface area (Å²) >= 11 is 0. The molecule has 4 nitrogen and oxygen atoms in total. The van der Waals surface area contributed by atoms with E-state index >= 15 is 0 Å². The lowest BCUT2D eigenvalue weighted by molar-refractivity contribution is -0.141. The fourth-order valence-electron chi connectivity index (χ4n) is 2.50. The van der Waals surface area contributed by atoms with Crippen LogP contribution in [0.1, 0.15) is 37.8 Å². The maximum absolute atomic E-state index is 12.3. The SMILES string of the molecule is CCC(C)N1C(=O)CC(NCc2ccccc2C)C1=O. The molecule has 1 aliphatic heterocycles. The quantitative estimate of drug-likeness (QED) is 0.836. The number of likely N-dealkylation sites (tertiary alicyclic amines) is 1. The van der Waals surface area contributed by atoms with Gasteiger partial charge in [-0.05, 0) is 31.4 Å². The Labute approximate surface area is 120 Å². The average Bonchev–Trinajstić information content (AvgIpc) is 2.72. The number of aryl methyl sites for hydroxylation is 1. The van der Waals surface area contributed by atoms with Gasteiger partial charge in [0.1, 0.15) is 0 Å². The Morgan fingerprint density at radius 1 is 1.35 bits per heavy atom. The summed E-state index contributed by atoms with van der Waals surface area (Å²) in [5.41, 5.74) is 2.35. The molecule has 2 unspecified atom stereocenters. The van der Waals surface area contributed by atoms with Crippen molar-refractivity contribution >= 4 is 11.8 Å². The van der Waals surface area contributed by atoms with Gasteiger partial charge in [0, 0.05) is 12.6 Å². The van der Waals surface area contributed by atoms with Gasteiger partial charge < -0.3 is 5.32 Å². The number of imide groups is 1. The highest BCUT2D eigenvalue weighted by Crippen LogP contribution is 2.18. The van der Waals surface area contributed by atoms with Crippen molar-refractivity contribution in [2.24, 2.45) is 0 Å². The maximum atomic E-state index is 12.3. The Morgan fingerprint density at radius 2 is 2.05 bits per heavy atom. The first-order valence-corrected chi connectivity index (χ1v) is 7.18. The largest absolute Gasteiger partial charge is 0.301 e. The smallest absolute Gasteiger partial charge is 0.247 e. The molecule has 4 heteroatoms. The minimum atomic E-state index is -0.379. The predicted octanol–water partition coefficient (Wildman–Crippen LogP) is 2.01. The number of carbonyl (C=O) groups excluding carboxylic acids is 2. The standard InChI is InChI=1S/C16H22N2O2/c1-4-12(3)18-15(19)9-14(16(18)20)17-10-13-8-6-5-7-11(13)2/h5-8,12,14,17H,4,9-10H2,1-3H3. The number of hydrogen-bond acceptors (Lipinski definition) is 3. The van der Waals surface area contributed by atoms with Crippen LogP contribution in [0.3, 0.4) is 0 Å². The van der Waals surface area contributed by atoms with E-state index in [2.05, 4.69) is 5.32 Å². The van der Waals surface area contributed by atoms with Crippen LogP contribution < -0.4 is 5.32 Å². The van der Waals surface area contributed by atoms with Crippen molar-refractivity contribution in [3.8, 4) is 0 Å². The molecule has 2 amide bonds. The molecule has 1 fully saturated rings. The number of rotatable bonds is 5. The van der Waals surface area contributed by atoms with Crippen LogP contribution in [0.25, 0.3) is 0 Å². The number of amides is 2. The van der Waals surface area contributed by atoms with Gasteiger partial charge in [0.15, 0.2) is 0 Å². The zero-order chi connectivity index (χ0) is 14.7. The number of benzene rings is 1. The van der Waals surface area contributed by atoms with Crippen molar-refractivity contribution in [2.75, 3.05) is 0 Å². The topological polar surface area (TPSA) is 49.4 Å². The molecule has 0 spiro atoms. The van der Waals surface area contributed by atoms with Crippen LogP contribution in [-0.2, 0) is 16.1 Å². The van der Waals surface area contributed by atoms with E-state index in [0.29, 0.717) is 6.54 Å². The molecule has 0 saturated carbocycles. The van der Waals surface area contributed by atoms with Crippen LogP contribution in [0.15, 0.2) is 24.3 Å². The second-order valence-electron chi connectivity index (χ2n) is 5.42. The van der Waals surface area contributed by atoms with Crippen molar-refractivity contribution in [2.45, 2.75) is 52.2 Å². The van der Waals surface area contributed by atoms with Crippen molar-refractivity contribution < 1.29 is 9.59 Å². The van der Waals surface area contributed by atoms with Gasteiger partial charge in [0.05, 0.1) is 12.5 Å². The van der Waals surface area contributed by atoms with Crippen molar-refractivity contribution in [3.05, 3.63) is 35.4 Å². The second-order valence-corrected chi connectivity index (χ2v) is 5.42. The first-order valence-electron chi connectivity index (χ1n) is 7.18. The fraction of sp³-hybridized carbons (Fsp3) is 0.500. The third-order valence-electron chi connectivity index (χ3n) is 4.01. The van der Waals surface area contributed by atoms with Crippen LogP contribution in [0, 0.1) is 6.92 Å². The maximum Gasteiger partial charge on any atom is 0.247 e. The van der Waals surface area contributed by atoms with Crippen molar-refractivity contribution in [3.63, 3.8) is 0 Å². The average molecular weight is 274 g/mol. The monoisotopic (exact) mass is 274 g/mol. The molecular weight excluding hydrogens is 252 g/mol. The van der Waals surface area contributed by atoms with E-state index in [-0.39, 0.29) is 30.3 Å². The normalized spacial score (nSPS) is 20.6. The lowest BCUT2D eigenvalue weighted by atomic mass is 10.1. The number of nitrogens with one attached hydrogen (secondary N) is 1. The molecular formula is C16H22N2O2. The summed E-state index contributed by atoms with van der Waals surface area (Å²) in [6.07, 6.45) is 1.07. The Hall–Kier alpha value is -1.68. The van der Waals surface area contributed by atoms with Gasteiger partial charge in [0.2, 0.25) is 11.8 Å². The van der Waals surface area contributed by atoms with Crippen molar-refractivity contribution in [1.82, 2.24) is 10.2 Å². The lowest BCUT2D eigenvalue weighted by Gasteiger charge is -2.21. The summed E-state index contributed by atoms with van der Waals surface area (Å²) in [7, 11) is 0. The minimum Gasteiger partial charge on any atom is -0.301 e.